The van der Waals surface area contributed by atoms with Crippen molar-refractivity contribution in [1.82, 2.24) is 14.8 Å². The number of nitrogens with zero attached hydrogens (tertiary/aromatic N) is 3. The van der Waals surface area contributed by atoms with Crippen molar-refractivity contribution in [2.45, 2.75) is 32.9 Å². The van der Waals surface area contributed by atoms with Crippen LogP contribution in [-0.4, -0.2) is 25.8 Å². The van der Waals surface area contributed by atoms with Crippen LogP contribution in [0.4, 0.5) is 24.7 Å². The molecule has 6 nitrogen and oxygen atoms in total. The molecule has 2 heterocycles. The lowest BCUT2D eigenvalue weighted by Gasteiger charge is -2.14. The Morgan fingerprint density at radius 1 is 1.06 bits per heavy atom. The molecule has 2 aromatic heterocycles. The molecule has 0 amide bonds. The van der Waals surface area contributed by atoms with Gasteiger partial charge in [-0.05, 0) is 54.3 Å². The standard InChI is InChI=1S/C26H23F3N4O2/c1-15(2)17-7-4-8-18(12-17)22-14-23(33(32-22)24-16(3)6-5-11-30-24)31-21-10-9-19(26(27,28)29)13-20(21)25(34)35/h4-15,31H,1-3H3,(H,34,35). The molecule has 0 bridgehead atoms. The first-order chi connectivity index (χ1) is 16.5. The van der Waals surface area contributed by atoms with Crippen LogP contribution >= 0.6 is 0 Å². The predicted octanol–water partition coefficient (Wildman–Crippen LogP) is 6.83. The molecule has 0 aliphatic carbocycles. The second-order valence-electron chi connectivity index (χ2n) is 8.44. The van der Waals surface area contributed by atoms with Gasteiger partial charge in [0.05, 0.1) is 22.5 Å². The zero-order chi connectivity index (χ0) is 25.3. The Bertz CT molecular complexity index is 1390. The smallest absolute Gasteiger partial charge is 0.416 e. The van der Waals surface area contributed by atoms with Crippen molar-refractivity contribution in [3.63, 3.8) is 0 Å². The van der Waals surface area contributed by atoms with Gasteiger partial charge in [-0.1, -0.05) is 38.1 Å². The Labute approximate surface area is 200 Å². The van der Waals surface area contributed by atoms with E-state index >= 15 is 0 Å². The summed E-state index contributed by atoms with van der Waals surface area (Å²) in [4.78, 5) is 16.2. The Morgan fingerprint density at radius 2 is 1.83 bits per heavy atom. The van der Waals surface area contributed by atoms with E-state index in [1.165, 1.54) is 4.68 Å². The number of halogens is 3. The first-order valence-electron chi connectivity index (χ1n) is 10.9. The van der Waals surface area contributed by atoms with Crippen molar-refractivity contribution in [3.8, 4) is 17.1 Å². The van der Waals surface area contributed by atoms with Crippen LogP contribution in [-0.2, 0) is 6.18 Å². The summed E-state index contributed by atoms with van der Waals surface area (Å²) >= 11 is 0. The van der Waals surface area contributed by atoms with Gasteiger partial charge in [0.2, 0.25) is 0 Å². The highest BCUT2D eigenvalue weighted by atomic mass is 19.4. The van der Waals surface area contributed by atoms with Gasteiger partial charge < -0.3 is 10.4 Å². The molecule has 0 aliphatic rings. The number of aromatic nitrogens is 3. The fourth-order valence-corrected chi connectivity index (χ4v) is 3.67. The van der Waals surface area contributed by atoms with Gasteiger partial charge in [-0.15, -0.1) is 0 Å². The number of benzene rings is 2. The third kappa shape index (κ3) is 5.03. The minimum absolute atomic E-state index is 0.00251. The zero-order valence-corrected chi connectivity index (χ0v) is 19.3. The highest BCUT2D eigenvalue weighted by Gasteiger charge is 2.32. The molecule has 0 saturated carbocycles. The van der Waals surface area contributed by atoms with E-state index in [9.17, 15) is 23.1 Å². The number of hydrogen-bond donors (Lipinski definition) is 2. The van der Waals surface area contributed by atoms with Crippen LogP contribution in [0, 0.1) is 6.92 Å². The number of aryl methyl sites for hydroxylation is 1. The van der Waals surface area contributed by atoms with Crippen molar-refractivity contribution >= 4 is 17.5 Å². The number of alkyl halides is 3. The normalized spacial score (nSPS) is 11.6. The highest BCUT2D eigenvalue weighted by molar-refractivity contribution is 5.95. The molecule has 0 spiro atoms. The minimum atomic E-state index is -4.66. The average Bonchev–Trinajstić information content (AvgIpc) is 3.22. The molecular formula is C26H23F3N4O2. The fraction of sp³-hybridized carbons (Fsp3) is 0.192. The third-order valence-electron chi connectivity index (χ3n) is 5.58. The highest BCUT2D eigenvalue weighted by Crippen LogP contribution is 2.34. The minimum Gasteiger partial charge on any atom is -0.478 e. The van der Waals surface area contributed by atoms with Gasteiger partial charge in [-0.3, -0.25) is 0 Å². The number of aromatic carboxylic acids is 1. The van der Waals surface area contributed by atoms with E-state index in [1.807, 2.05) is 37.3 Å². The molecule has 0 aliphatic heterocycles. The van der Waals surface area contributed by atoms with Gasteiger partial charge in [0.1, 0.15) is 5.82 Å². The topological polar surface area (TPSA) is 80.0 Å². The number of nitrogens with one attached hydrogen (secondary N) is 1. The Kier molecular flexibility index (Phi) is 6.34. The van der Waals surface area contributed by atoms with E-state index in [-0.39, 0.29) is 5.69 Å². The van der Waals surface area contributed by atoms with E-state index in [2.05, 4.69) is 24.1 Å². The van der Waals surface area contributed by atoms with Crippen LogP contribution in [0.5, 0.6) is 0 Å². The monoisotopic (exact) mass is 480 g/mol. The molecule has 2 N–H and O–H groups in total. The van der Waals surface area contributed by atoms with Crippen molar-refractivity contribution in [2.24, 2.45) is 0 Å². The van der Waals surface area contributed by atoms with Gasteiger partial charge in [0.15, 0.2) is 5.82 Å². The fourth-order valence-electron chi connectivity index (χ4n) is 3.67. The maximum atomic E-state index is 13.2. The predicted molar refractivity (Wildman–Crippen MR) is 127 cm³/mol. The van der Waals surface area contributed by atoms with E-state index in [0.717, 1.165) is 28.8 Å². The first-order valence-corrected chi connectivity index (χ1v) is 10.9. The Balaban J connectivity index is 1.85. The molecular weight excluding hydrogens is 457 g/mol. The summed E-state index contributed by atoms with van der Waals surface area (Å²) in [5.74, 6) is -0.314. The van der Waals surface area contributed by atoms with E-state index in [1.54, 1.807) is 18.3 Å². The van der Waals surface area contributed by atoms with Gasteiger partial charge >= 0.3 is 12.1 Å². The largest absolute Gasteiger partial charge is 0.478 e. The summed E-state index contributed by atoms with van der Waals surface area (Å²) in [6.07, 6.45) is -3.06. The van der Waals surface area contributed by atoms with Gasteiger partial charge in [-0.2, -0.15) is 23.0 Å². The number of carboxylic acids is 1. The molecule has 35 heavy (non-hydrogen) atoms. The number of hydrogen-bond acceptors (Lipinski definition) is 4. The lowest BCUT2D eigenvalue weighted by Crippen LogP contribution is -2.11. The van der Waals surface area contributed by atoms with Crippen molar-refractivity contribution in [3.05, 3.63) is 89.1 Å². The van der Waals surface area contributed by atoms with Crippen LogP contribution in [0.1, 0.15) is 46.8 Å². The van der Waals surface area contributed by atoms with Gasteiger partial charge in [0, 0.05) is 17.8 Å². The number of rotatable bonds is 6. The summed E-state index contributed by atoms with van der Waals surface area (Å²) in [5.41, 5.74) is 1.84. The van der Waals surface area contributed by atoms with Gasteiger partial charge in [-0.25, -0.2) is 9.78 Å². The molecule has 180 valence electrons. The number of anilines is 2. The summed E-state index contributed by atoms with van der Waals surface area (Å²) < 4.78 is 41.0. The van der Waals surface area contributed by atoms with Crippen molar-refractivity contribution in [2.75, 3.05) is 5.32 Å². The second-order valence-corrected chi connectivity index (χ2v) is 8.44. The molecule has 0 unspecified atom stereocenters. The molecule has 0 radical (unpaired) electrons. The quantitative estimate of drug-likeness (QED) is 0.316. The van der Waals surface area contributed by atoms with Crippen molar-refractivity contribution in [1.29, 1.82) is 0 Å². The first kappa shape index (κ1) is 24.0. The SMILES string of the molecule is Cc1cccnc1-n1nc(-c2cccc(C(C)C)c2)cc1Nc1ccc(C(F)(F)F)cc1C(=O)O. The molecule has 4 aromatic rings. The van der Waals surface area contributed by atoms with E-state index in [0.29, 0.717) is 29.3 Å². The summed E-state index contributed by atoms with van der Waals surface area (Å²) in [7, 11) is 0. The van der Waals surface area contributed by atoms with Crippen molar-refractivity contribution < 1.29 is 23.1 Å². The van der Waals surface area contributed by atoms with Crippen LogP contribution in [0.25, 0.3) is 17.1 Å². The van der Waals surface area contributed by atoms with Crippen LogP contribution in [0.15, 0.2) is 66.9 Å². The zero-order valence-electron chi connectivity index (χ0n) is 19.3. The van der Waals surface area contributed by atoms with Crippen LogP contribution < -0.4 is 5.32 Å². The number of pyridine rings is 1. The molecule has 2 aromatic carbocycles. The molecule has 4 rings (SSSR count). The summed E-state index contributed by atoms with van der Waals surface area (Å²) in [6.45, 7) is 6.02. The van der Waals surface area contributed by atoms with E-state index < -0.39 is 23.3 Å². The molecule has 0 atom stereocenters. The summed E-state index contributed by atoms with van der Waals surface area (Å²) in [5, 5.41) is 17.3. The summed E-state index contributed by atoms with van der Waals surface area (Å²) in [6, 6.07) is 15.8. The second kappa shape index (κ2) is 9.25. The Morgan fingerprint density at radius 3 is 2.49 bits per heavy atom. The lowest BCUT2D eigenvalue weighted by molar-refractivity contribution is -0.137. The maximum Gasteiger partial charge on any atom is 0.416 e. The lowest BCUT2D eigenvalue weighted by atomic mass is 10.00. The Hall–Kier alpha value is -4.14. The van der Waals surface area contributed by atoms with E-state index in [4.69, 9.17) is 5.10 Å². The van der Waals surface area contributed by atoms with Gasteiger partial charge in [0.25, 0.3) is 0 Å². The molecule has 0 fully saturated rings. The molecule has 9 heteroatoms. The molecule has 0 saturated heterocycles. The van der Waals surface area contributed by atoms with Crippen LogP contribution in [0.2, 0.25) is 0 Å². The maximum absolute atomic E-state index is 13.2. The number of carbonyl (C=O) groups is 1. The van der Waals surface area contributed by atoms with Crippen LogP contribution in [0.3, 0.4) is 0 Å². The average molecular weight is 480 g/mol. The number of carboxylic acid groups (broad SMARTS) is 1. The third-order valence-corrected chi connectivity index (χ3v) is 5.58.